The summed E-state index contributed by atoms with van der Waals surface area (Å²) >= 11 is 0. The fourth-order valence-electron chi connectivity index (χ4n) is 3.67. The van der Waals surface area contributed by atoms with Crippen molar-refractivity contribution in [3.8, 4) is 16.9 Å². The van der Waals surface area contributed by atoms with E-state index in [1.165, 1.54) is 24.0 Å². The highest BCUT2D eigenvalue weighted by atomic mass is 16.5. The highest BCUT2D eigenvalue weighted by molar-refractivity contribution is 5.64. The van der Waals surface area contributed by atoms with Gasteiger partial charge in [0.05, 0.1) is 0 Å². The van der Waals surface area contributed by atoms with Crippen molar-refractivity contribution in [2.75, 3.05) is 0 Å². The van der Waals surface area contributed by atoms with Gasteiger partial charge >= 0.3 is 0 Å². The third-order valence-electron chi connectivity index (χ3n) is 4.67. The lowest BCUT2D eigenvalue weighted by Crippen LogP contribution is -2.42. The van der Waals surface area contributed by atoms with Crippen LogP contribution in [0, 0.1) is 0 Å². The lowest BCUT2D eigenvalue weighted by Gasteiger charge is -2.29. The first-order chi connectivity index (χ1) is 10.4. The van der Waals surface area contributed by atoms with Crippen LogP contribution in [0.25, 0.3) is 11.1 Å². The second kappa shape index (κ2) is 5.53. The quantitative estimate of drug-likeness (QED) is 0.916. The molecule has 1 N–H and O–H groups in total. The van der Waals surface area contributed by atoms with Crippen LogP contribution in [-0.2, 0) is 0 Å². The van der Waals surface area contributed by atoms with Gasteiger partial charge in [-0.2, -0.15) is 0 Å². The number of ether oxygens (including phenoxy) is 1. The van der Waals surface area contributed by atoms with Crippen LogP contribution in [-0.4, -0.2) is 18.2 Å². The van der Waals surface area contributed by atoms with Crippen molar-refractivity contribution in [2.24, 2.45) is 0 Å². The summed E-state index contributed by atoms with van der Waals surface area (Å²) in [5.41, 5.74) is 2.47. The second-order valence-corrected chi connectivity index (χ2v) is 6.24. The Morgan fingerprint density at radius 2 is 1.52 bits per heavy atom. The van der Waals surface area contributed by atoms with E-state index in [2.05, 4.69) is 59.9 Å². The maximum absolute atomic E-state index is 6.26. The van der Waals surface area contributed by atoms with Crippen LogP contribution < -0.4 is 10.1 Å². The lowest BCUT2D eigenvalue weighted by atomic mass is 10.0. The van der Waals surface area contributed by atoms with Gasteiger partial charge < -0.3 is 10.1 Å². The van der Waals surface area contributed by atoms with Gasteiger partial charge in [-0.1, -0.05) is 42.5 Å². The zero-order chi connectivity index (χ0) is 14.1. The van der Waals surface area contributed by atoms with E-state index >= 15 is 0 Å². The Kier molecular flexibility index (Phi) is 3.40. The highest BCUT2D eigenvalue weighted by Gasteiger charge is 2.34. The topological polar surface area (TPSA) is 21.3 Å². The van der Waals surface area contributed by atoms with Gasteiger partial charge in [0.1, 0.15) is 11.9 Å². The fraction of sp³-hybridized carbons (Fsp3) is 0.368. The van der Waals surface area contributed by atoms with E-state index < -0.39 is 0 Å². The van der Waals surface area contributed by atoms with Gasteiger partial charge in [0.25, 0.3) is 0 Å². The molecule has 2 nitrogen and oxygen atoms in total. The van der Waals surface area contributed by atoms with Crippen molar-refractivity contribution in [1.29, 1.82) is 0 Å². The van der Waals surface area contributed by atoms with Crippen molar-refractivity contribution in [1.82, 2.24) is 5.32 Å². The Morgan fingerprint density at radius 1 is 0.810 bits per heavy atom. The van der Waals surface area contributed by atoms with Gasteiger partial charge in [-0.3, -0.25) is 0 Å². The molecule has 21 heavy (non-hydrogen) atoms. The molecule has 2 bridgehead atoms. The van der Waals surface area contributed by atoms with Gasteiger partial charge in [-0.15, -0.1) is 0 Å². The number of rotatable bonds is 3. The molecule has 2 heteroatoms. The third-order valence-corrected chi connectivity index (χ3v) is 4.67. The number of piperidine rings is 1. The van der Waals surface area contributed by atoms with E-state index in [0.29, 0.717) is 18.2 Å². The first-order valence-electron chi connectivity index (χ1n) is 7.95. The molecule has 0 amide bonds. The van der Waals surface area contributed by atoms with Crippen LogP contribution in [0.1, 0.15) is 25.7 Å². The van der Waals surface area contributed by atoms with Gasteiger partial charge in [-0.05, 0) is 48.9 Å². The van der Waals surface area contributed by atoms with E-state index in [4.69, 9.17) is 4.74 Å². The van der Waals surface area contributed by atoms with Crippen molar-refractivity contribution >= 4 is 0 Å². The fourth-order valence-corrected chi connectivity index (χ4v) is 3.67. The molecular weight excluding hydrogens is 258 g/mol. The molecule has 2 aliphatic heterocycles. The normalized spacial score (nSPS) is 27.5. The molecule has 2 saturated heterocycles. The van der Waals surface area contributed by atoms with Crippen molar-refractivity contribution in [3.63, 3.8) is 0 Å². The van der Waals surface area contributed by atoms with Crippen LogP contribution in [0.2, 0.25) is 0 Å². The average Bonchev–Trinajstić information content (AvgIpc) is 2.87. The summed E-state index contributed by atoms with van der Waals surface area (Å²) in [6, 6.07) is 20.3. The predicted molar refractivity (Wildman–Crippen MR) is 85.5 cm³/mol. The number of nitrogens with one attached hydrogen (secondary N) is 1. The average molecular weight is 279 g/mol. The minimum Gasteiger partial charge on any atom is -0.490 e. The van der Waals surface area contributed by atoms with E-state index in [1.807, 2.05) is 0 Å². The smallest absolute Gasteiger partial charge is 0.120 e. The molecule has 1 unspecified atom stereocenters. The van der Waals surface area contributed by atoms with Crippen LogP contribution >= 0.6 is 0 Å². The number of hydrogen-bond donors (Lipinski definition) is 1. The first-order valence-corrected chi connectivity index (χ1v) is 7.95. The Bertz CT molecular complexity index is 598. The maximum Gasteiger partial charge on any atom is 0.120 e. The molecule has 3 atom stereocenters. The summed E-state index contributed by atoms with van der Waals surface area (Å²) in [5.74, 6) is 1.00. The standard InChI is InChI=1S/C19H21NO/c1-2-5-14(6-3-1)15-7-4-8-18(11-15)21-19-12-16-9-10-17(13-19)20-16/h1-8,11,16-17,19-20H,9-10,12-13H2/t16-,17+,19?. The largest absolute Gasteiger partial charge is 0.490 e. The number of hydrogen-bond acceptors (Lipinski definition) is 2. The SMILES string of the molecule is c1ccc(-c2cccc(OC3C[C@H]4CC[C@@H](C3)N4)c2)cc1. The molecule has 2 fully saturated rings. The van der Waals surface area contributed by atoms with Gasteiger partial charge in [0.2, 0.25) is 0 Å². The molecule has 0 aromatic heterocycles. The summed E-state index contributed by atoms with van der Waals surface area (Å²) in [6.07, 6.45) is 5.29. The molecule has 4 rings (SSSR count). The van der Waals surface area contributed by atoms with E-state index in [1.54, 1.807) is 0 Å². The molecule has 0 saturated carbocycles. The first kappa shape index (κ1) is 12.9. The van der Waals surface area contributed by atoms with Crippen LogP contribution in [0.5, 0.6) is 5.75 Å². The monoisotopic (exact) mass is 279 g/mol. The molecular formula is C19H21NO. The number of fused-ring (bicyclic) bond motifs is 2. The van der Waals surface area contributed by atoms with Crippen LogP contribution in [0.3, 0.4) is 0 Å². The summed E-state index contributed by atoms with van der Waals surface area (Å²) < 4.78 is 6.26. The summed E-state index contributed by atoms with van der Waals surface area (Å²) in [6.45, 7) is 0. The summed E-state index contributed by atoms with van der Waals surface area (Å²) in [7, 11) is 0. The van der Waals surface area contributed by atoms with Gasteiger partial charge in [0, 0.05) is 12.1 Å². The van der Waals surface area contributed by atoms with E-state index in [-0.39, 0.29) is 0 Å². The summed E-state index contributed by atoms with van der Waals surface area (Å²) in [4.78, 5) is 0. The Morgan fingerprint density at radius 3 is 2.29 bits per heavy atom. The predicted octanol–water partition coefficient (Wildman–Crippen LogP) is 4.02. The van der Waals surface area contributed by atoms with E-state index in [0.717, 1.165) is 18.6 Å². The van der Waals surface area contributed by atoms with E-state index in [9.17, 15) is 0 Å². The Hall–Kier alpha value is -1.80. The molecule has 2 aliphatic rings. The van der Waals surface area contributed by atoms with Crippen molar-refractivity contribution in [2.45, 2.75) is 43.9 Å². The molecule has 2 heterocycles. The summed E-state index contributed by atoms with van der Waals surface area (Å²) in [5, 5.41) is 3.66. The minimum atomic E-state index is 0.370. The van der Waals surface area contributed by atoms with Gasteiger partial charge in [0.15, 0.2) is 0 Å². The lowest BCUT2D eigenvalue weighted by molar-refractivity contribution is 0.137. The van der Waals surface area contributed by atoms with Crippen LogP contribution in [0.15, 0.2) is 54.6 Å². The highest BCUT2D eigenvalue weighted by Crippen LogP contribution is 2.31. The molecule has 0 aliphatic carbocycles. The maximum atomic E-state index is 6.26. The molecule has 2 aromatic carbocycles. The zero-order valence-corrected chi connectivity index (χ0v) is 12.2. The van der Waals surface area contributed by atoms with Gasteiger partial charge in [-0.25, -0.2) is 0 Å². The number of benzene rings is 2. The molecule has 108 valence electrons. The third kappa shape index (κ3) is 2.81. The van der Waals surface area contributed by atoms with Crippen molar-refractivity contribution in [3.05, 3.63) is 54.6 Å². The molecule has 2 aromatic rings. The van der Waals surface area contributed by atoms with Crippen LogP contribution in [0.4, 0.5) is 0 Å². The Labute approximate surface area is 126 Å². The van der Waals surface area contributed by atoms with Crippen molar-refractivity contribution < 1.29 is 4.74 Å². The Balaban J connectivity index is 1.51. The molecule has 0 spiro atoms. The minimum absolute atomic E-state index is 0.370. The zero-order valence-electron chi connectivity index (χ0n) is 12.2. The second-order valence-electron chi connectivity index (χ2n) is 6.24. The molecule has 0 radical (unpaired) electrons.